The average Bonchev–Trinajstić information content (AvgIpc) is 3.36. The third-order valence-corrected chi connectivity index (χ3v) is 6.42. The minimum atomic E-state index is -3.93. The summed E-state index contributed by atoms with van der Waals surface area (Å²) in [5, 5.41) is 6.50. The van der Waals surface area contributed by atoms with Crippen LogP contribution < -0.4 is 0 Å². The lowest BCUT2D eigenvalue weighted by molar-refractivity contribution is 0.0599. The Labute approximate surface area is 162 Å². The van der Waals surface area contributed by atoms with Gasteiger partial charge in [0.1, 0.15) is 6.26 Å². The van der Waals surface area contributed by atoms with E-state index in [2.05, 4.69) is 14.9 Å². The fourth-order valence-electron chi connectivity index (χ4n) is 3.22. The lowest BCUT2D eigenvalue weighted by Crippen LogP contribution is -2.39. The molecule has 1 fully saturated rings. The van der Waals surface area contributed by atoms with Gasteiger partial charge in [0.2, 0.25) is 5.09 Å². The number of aromatic amines is 1. The SMILES string of the molecule is COC(=O)c1coc(S(=O)(=O)N2CCCC(c3[nH]ncc3C(=O)N(C)C)C2)c1. The van der Waals surface area contributed by atoms with Crippen LogP contribution in [0.1, 0.15) is 45.2 Å². The van der Waals surface area contributed by atoms with E-state index >= 15 is 0 Å². The molecule has 1 unspecified atom stereocenters. The molecular formula is C17H22N4O6S. The highest BCUT2D eigenvalue weighted by molar-refractivity contribution is 7.89. The van der Waals surface area contributed by atoms with Crippen LogP contribution in [0, 0.1) is 0 Å². The molecule has 1 atom stereocenters. The molecule has 152 valence electrons. The van der Waals surface area contributed by atoms with Gasteiger partial charge in [-0.25, -0.2) is 13.2 Å². The number of nitrogens with zero attached hydrogens (tertiary/aromatic N) is 3. The summed E-state index contributed by atoms with van der Waals surface area (Å²) in [6, 6.07) is 1.15. The summed E-state index contributed by atoms with van der Waals surface area (Å²) in [4.78, 5) is 25.3. The molecule has 3 heterocycles. The molecule has 10 nitrogen and oxygen atoms in total. The molecule has 3 rings (SSSR count). The molecule has 1 aliphatic rings. The van der Waals surface area contributed by atoms with Gasteiger partial charge in [0.25, 0.3) is 15.9 Å². The van der Waals surface area contributed by atoms with E-state index < -0.39 is 16.0 Å². The van der Waals surface area contributed by atoms with E-state index in [1.54, 1.807) is 14.1 Å². The van der Waals surface area contributed by atoms with E-state index in [0.717, 1.165) is 12.3 Å². The number of aromatic nitrogens is 2. The van der Waals surface area contributed by atoms with Gasteiger partial charge < -0.3 is 14.1 Å². The Kier molecular flexibility index (Phi) is 5.57. The summed E-state index contributed by atoms with van der Waals surface area (Å²) in [6.07, 6.45) is 3.85. The van der Waals surface area contributed by atoms with Crippen LogP contribution in [-0.2, 0) is 14.8 Å². The van der Waals surface area contributed by atoms with Gasteiger partial charge in [-0.2, -0.15) is 9.40 Å². The second kappa shape index (κ2) is 7.76. The average molecular weight is 410 g/mol. The van der Waals surface area contributed by atoms with E-state index in [9.17, 15) is 18.0 Å². The Balaban J connectivity index is 1.84. The molecule has 0 bridgehead atoms. The maximum Gasteiger partial charge on any atom is 0.341 e. The molecule has 1 saturated heterocycles. The topological polar surface area (TPSA) is 126 Å². The van der Waals surface area contributed by atoms with Gasteiger partial charge >= 0.3 is 5.97 Å². The number of furan rings is 1. The zero-order valence-electron chi connectivity index (χ0n) is 15.8. The second-order valence-corrected chi connectivity index (χ2v) is 8.61. The number of nitrogens with one attached hydrogen (secondary N) is 1. The molecule has 11 heteroatoms. The van der Waals surface area contributed by atoms with E-state index in [4.69, 9.17) is 4.42 Å². The lowest BCUT2D eigenvalue weighted by atomic mass is 9.93. The van der Waals surface area contributed by atoms with Crippen molar-refractivity contribution in [3.8, 4) is 0 Å². The fourth-order valence-corrected chi connectivity index (χ4v) is 4.66. The quantitative estimate of drug-likeness (QED) is 0.731. The van der Waals surface area contributed by atoms with Crippen LogP contribution in [-0.4, -0.2) is 74.0 Å². The van der Waals surface area contributed by atoms with Crippen molar-refractivity contribution in [3.63, 3.8) is 0 Å². The monoisotopic (exact) mass is 410 g/mol. The third-order valence-electron chi connectivity index (χ3n) is 4.69. The van der Waals surface area contributed by atoms with Gasteiger partial charge in [-0.15, -0.1) is 0 Å². The van der Waals surface area contributed by atoms with Crippen molar-refractivity contribution in [1.29, 1.82) is 0 Å². The minimum Gasteiger partial charge on any atom is -0.465 e. The first kappa shape index (κ1) is 20.1. The number of amides is 1. The molecule has 28 heavy (non-hydrogen) atoms. The second-order valence-electron chi connectivity index (χ2n) is 6.75. The first-order valence-electron chi connectivity index (χ1n) is 8.67. The number of esters is 1. The van der Waals surface area contributed by atoms with Crippen molar-refractivity contribution in [2.24, 2.45) is 0 Å². The van der Waals surface area contributed by atoms with Crippen molar-refractivity contribution in [2.75, 3.05) is 34.3 Å². The van der Waals surface area contributed by atoms with Crippen LogP contribution in [0.2, 0.25) is 0 Å². The van der Waals surface area contributed by atoms with Crippen molar-refractivity contribution in [1.82, 2.24) is 19.4 Å². The van der Waals surface area contributed by atoms with Gasteiger partial charge in [0.15, 0.2) is 0 Å². The van der Waals surface area contributed by atoms with Crippen molar-refractivity contribution >= 4 is 21.9 Å². The minimum absolute atomic E-state index is 0.0297. The molecule has 1 aliphatic heterocycles. The first-order chi connectivity index (χ1) is 13.3. The normalized spacial score (nSPS) is 18.0. The number of methoxy groups -OCH3 is 1. The molecule has 2 aromatic rings. The Morgan fingerprint density at radius 3 is 2.82 bits per heavy atom. The Morgan fingerprint density at radius 2 is 2.14 bits per heavy atom. The molecule has 2 aromatic heterocycles. The molecule has 1 N–H and O–H groups in total. The smallest absolute Gasteiger partial charge is 0.341 e. The number of hydrogen-bond donors (Lipinski definition) is 1. The number of hydrogen-bond acceptors (Lipinski definition) is 7. The summed E-state index contributed by atoms with van der Waals surface area (Å²) in [7, 11) is 0.568. The molecular weight excluding hydrogens is 388 g/mol. The molecule has 0 aliphatic carbocycles. The van der Waals surface area contributed by atoms with Crippen LogP contribution in [0.5, 0.6) is 0 Å². The predicted molar refractivity (Wildman–Crippen MR) is 97.4 cm³/mol. The summed E-state index contributed by atoms with van der Waals surface area (Å²) < 4.78 is 36.9. The number of ether oxygens (including phenoxy) is 1. The number of H-pyrrole nitrogens is 1. The summed E-state index contributed by atoms with van der Waals surface area (Å²) >= 11 is 0. The fraction of sp³-hybridized carbons (Fsp3) is 0.471. The lowest BCUT2D eigenvalue weighted by Gasteiger charge is -2.31. The van der Waals surface area contributed by atoms with E-state index in [-0.39, 0.29) is 29.0 Å². The van der Waals surface area contributed by atoms with Gasteiger partial charge in [0, 0.05) is 39.2 Å². The number of sulfonamides is 1. The summed E-state index contributed by atoms with van der Waals surface area (Å²) in [5.74, 6) is -1.08. The Hall–Kier alpha value is -2.66. The highest BCUT2D eigenvalue weighted by Gasteiger charge is 2.35. The highest BCUT2D eigenvalue weighted by atomic mass is 32.2. The zero-order valence-corrected chi connectivity index (χ0v) is 16.7. The number of carbonyl (C=O) groups is 2. The largest absolute Gasteiger partial charge is 0.465 e. The predicted octanol–water partition coefficient (Wildman–Crippen LogP) is 1.06. The Bertz CT molecular complexity index is 977. The van der Waals surface area contributed by atoms with E-state index in [0.29, 0.717) is 30.6 Å². The molecule has 0 spiro atoms. The van der Waals surface area contributed by atoms with Crippen molar-refractivity contribution in [2.45, 2.75) is 23.9 Å². The number of piperidine rings is 1. The van der Waals surface area contributed by atoms with E-state index in [1.165, 1.54) is 22.5 Å². The van der Waals surface area contributed by atoms with E-state index in [1.807, 2.05) is 0 Å². The number of carbonyl (C=O) groups excluding carboxylic acids is 2. The maximum atomic E-state index is 12.9. The summed E-state index contributed by atoms with van der Waals surface area (Å²) in [5.41, 5.74) is 1.08. The molecule has 0 radical (unpaired) electrons. The molecule has 0 saturated carbocycles. The first-order valence-corrected chi connectivity index (χ1v) is 10.1. The van der Waals surface area contributed by atoms with Crippen molar-refractivity contribution < 1.29 is 27.2 Å². The van der Waals surface area contributed by atoms with Gasteiger partial charge in [-0.1, -0.05) is 0 Å². The number of rotatable bonds is 5. The van der Waals surface area contributed by atoms with Gasteiger partial charge in [0.05, 0.1) is 30.1 Å². The van der Waals surface area contributed by atoms with Crippen LogP contribution >= 0.6 is 0 Å². The van der Waals surface area contributed by atoms with Crippen molar-refractivity contribution in [3.05, 3.63) is 35.3 Å². The highest BCUT2D eigenvalue weighted by Crippen LogP contribution is 2.31. The van der Waals surface area contributed by atoms with Crippen LogP contribution in [0.15, 0.2) is 28.0 Å². The molecule has 0 aromatic carbocycles. The maximum absolute atomic E-state index is 12.9. The van der Waals surface area contributed by atoms with Crippen LogP contribution in [0.3, 0.4) is 0 Å². The summed E-state index contributed by atoms with van der Waals surface area (Å²) in [6.45, 7) is 0.491. The molecule has 1 amide bonds. The zero-order chi connectivity index (χ0) is 20.5. The van der Waals surface area contributed by atoms with Gasteiger partial charge in [-0.05, 0) is 12.8 Å². The standard InChI is InChI=1S/C17H22N4O6S/c1-20(2)16(22)13-8-18-19-15(13)11-5-4-6-21(9-11)28(24,25)14-7-12(10-27-14)17(23)26-3/h7-8,10-11H,4-6,9H2,1-3H3,(H,18,19). The van der Waals surface area contributed by atoms with Gasteiger partial charge in [-0.3, -0.25) is 9.89 Å². The van der Waals surface area contributed by atoms with Crippen LogP contribution in [0.25, 0.3) is 0 Å². The Morgan fingerprint density at radius 1 is 1.39 bits per heavy atom. The van der Waals surface area contributed by atoms with Crippen LogP contribution in [0.4, 0.5) is 0 Å². The third kappa shape index (κ3) is 3.67.